The maximum absolute atomic E-state index is 11.7. The van der Waals surface area contributed by atoms with Crippen LogP contribution < -0.4 is 10.9 Å². The average molecular weight is 259 g/mol. The van der Waals surface area contributed by atoms with E-state index in [0.717, 1.165) is 17.3 Å². The molecule has 0 fully saturated rings. The zero-order valence-corrected chi connectivity index (χ0v) is 10.1. The Morgan fingerprint density at radius 1 is 1.37 bits per heavy atom. The number of nitrogens with one attached hydrogen (secondary N) is 2. The molecule has 0 aliphatic rings. The second-order valence-corrected chi connectivity index (χ2v) is 3.96. The van der Waals surface area contributed by atoms with Crippen molar-refractivity contribution in [2.24, 2.45) is 0 Å². The number of carbonyl (C=O) groups excluding carboxylic acids is 1. The fraction of sp³-hybridized carbons (Fsp3) is 0.154. The van der Waals surface area contributed by atoms with Crippen LogP contribution in [-0.2, 0) is 13.2 Å². The Bertz CT molecular complexity index is 617. The molecule has 1 aromatic heterocycles. The number of rotatable bonds is 4. The van der Waals surface area contributed by atoms with E-state index in [-0.39, 0.29) is 23.8 Å². The van der Waals surface area contributed by atoms with E-state index in [0.29, 0.717) is 6.54 Å². The van der Waals surface area contributed by atoms with Gasteiger partial charge < -0.3 is 15.4 Å². The van der Waals surface area contributed by atoms with Crippen LogP contribution in [-0.4, -0.2) is 21.0 Å². The Morgan fingerprint density at radius 3 is 2.84 bits per heavy atom. The van der Waals surface area contributed by atoms with Gasteiger partial charge in [0, 0.05) is 12.7 Å². The molecule has 6 heteroatoms. The molecule has 0 aliphatic carbocycles. The number of hydrogen-bond acceptors (Lipinski definition) is 4. The van der Waals surface area contributed by atoms with Crippen LogP contribution in [0.2, 0.25) is 0 Å². The average Bonchev–Trinajstić information content (AvgIpc) is 2.46. The zero-order chi connectivity index (χ0) is 13.7. The summed E-state index contributed by atoms with van der Waals surface area (Å²) in [4.78, 5) is 28.7. The summed E-state index contributed by atoms with van der Waals surface area (Å²) in [5.41, 5.74) is 1.46. The number of nitrogens with zero attached hydrogens (tertiary/aromatic N) is 1. The largest absolute Gasteiger partial charge is 0.392 e. The van der Waals surface area contributed by atoms with Gasteiger partial charge in [-0.2, -0.15) is 0 Å². The first kappa shape index (κ1) is 13.0. The van der Waals surface area contributed by atoms with Gasteiger partial charge >= 0.3 is 0 Å². The first-order valence-corrected chi connectivity index (χ1v) is 5.70. The molecule has 3 N–H and O–H groups in total. The standard InChI is InChI=1S/C13H13N3O3/c17-8-10-3-1-2-9(4-10)5-16-13(19)11-6-15-12(18)7-14-11/h1-4,6-7,17H,5,8H2,(H,15,18)(H,16,19). The van der Waals surface area contributed by atoms with Gasteiger partial charge in [0.05, 0.1) is 12.8 Å². The van der Waals surface area contributed by atoms with E-state index in [1.165, 1.54) is 6.20 Å². The van der Waals surface area contributed by atoms with Crippen LogP contribution in [0.4, 0.5) is 0 Å². The van der Waals surface area contributed by atoms with Crippen LogP contribution in [0.1, 0.15) is 21.6 Å². The lowest BCUT2D eigenvalue weighted by atomic mass is 10.1. The molecule has 0 aliphatic heterocycles. The van der Waals surface area contributed by atoms with E-state index in [2.05, 4.69) is 15.3 Å². The lowest BCUT2D eigenvalue weighted by Gasteiger charge is -2.05. The summed E-state index contributed by atoms with van der Waals surface area (Å²) in [6, 6.07) is 7.26. The molecule has 0 spiro atoms. The molecule has 0 unspecified atom stereocenters. The Hall–Kier alpha value is -2.47. The van der Waals surface area contributed by atoms with Crippen LogP contribution in [0.15, 0.2) is 41.5 Å². The summed E-state index contributed by atoms with van der Waals surface area (Å²) >= 11 is 0. The number of benzene rings is 1. The Morgan fingerprint density at radius 2 is 2.16 bits per heavy atom. The predicted molar refractivity (Wildman–Crippen MR) is 68.4 cm³/mol. The molecular formula is C13H13N3O3. The minimum absolute atomic E-state index is 0.0384. The monoisotopic (exact) mass is 259 g/mol. The molecule has 1 heterocycles. The van der Waals surface area contributed by atoms with Crippen molar-refractivity contribution in [1.82, 2.24) is 15.3 Å². The summed E-state index contributed by atoms with van der Waals surface area (Å²) in [5.74, 6) is -0.370. The van der Waals surface area contributed by atoms with Crippen molar-refractivity contribution in [3.63, 3.8) is 0 Å². The lowest BCUT2D eigenvalue weighted by molar-refractivity contribution is 0.0945. The highest BCUT2D eigenvalue weighted by Crippen LogP contribution is 2.05. The summed E-state index contributed by atoms with van der Waals surface area (Å²) in [7, 11) is 0. The molecule has 0 saturated carbocycles. The van der Waals surface area contributed by atoms with E-state index in [1.54, 1.807) is 12.1 Å². The second kappa shape index (κ2) is 5.92. The highest BCUT2D eigenvalue weighted by Gasteiger charge is 2.06. The van der Waals surface area contributed by atoms with E-state index in [4.69, 9.17) is 5.11 Å². The Balaban J connectivity index is 2.00. The van der Waals surface area contributed by atoms with Crippen molar-refractivity contribution in [3.8, 4) is 0 Å². The normalized spacial score (nSPS) is 10.2. The van der Waals surface area contributed by atoms with Gasteiger partial charge in [0.15, 0.2) is 0 Å². The Labute approximate surface area is 109 Å². The number of carbonyl (C=O) groups is 1. The third kappa shape index (κ3) is 3.49. The third-order valence-electron chi connectivity index (χ3n) is 2.53. The number of aliphatic hydroxyl groups excluding tert-OH is 1. The van der Waals surface area contributed by atoms with E-state index in [1.807, 2.05) is 12.1 Å². The molecule has 0 saturated heterocycles. The molecular weight excluding hydrogens is 246 g/mol. The molecule has 98 valence electrons. The summed E-state index contributed by atoms with van der Waals surface area (Å²) in [5, 5.41) is 11.7. The minimum atomic E-state index is -0.370. The van der Waals surface area contributed by atoms with E-state index in [9.17, 15) is 9.59 Å². The number of hydrogen-bond donors (Lipinski definition) is 3. The van der Waals surface area contributed by atoms with Gasteiger partial charge in [0.25, 0.3) is 11.5 Å². The number of aromatic nitrogens is 2. The van der Waals surface area contributed by atoms with Crippen molar-refractivity contribution in [2.45, 2.75) is 13.2 Å². The maximum Gasteiger partial charge on any atom is 0.271 e. The van der Waals surface area contributed by atoms with E-state index < -0.39 is 0 Å². The molecule has 6 nitrogen and oxygen atoms in total. The third-order valence-corrected chi connectivity index (χ3v) is 2.53. The fourth-order valence-corrected chi connectivity index (χ4v) is 1.58. The van der Waals surface area contributed by atoms with Gasteiger partial charge in [0.1, 0.15) is 5.69 Å². The van der Waals surface area contributed by atoms with Gasteiger partial charge in [-0.1, -0.05) is 24.3 Å². The van der Waals surface area contributed by atoms with Crippen molar-refractivity contribution in [3.05, 3.63) is 63.8 Å². The van der Waals surface area contributed by atoms with Gasteiger partial charge in [-0.05, 0) is 11.1 Å². The lowest BCUT2D eigenvalue weighted by Crippen LogP contribution is -2.25. The summed E-state index contributed by atoms with van der Waals surface area (Å²) in [6.45, 7) is 0.288. The molecule has 1 aromatic carbocycles. The molecule has 1 amide bonds. The molecule has 0 atom stereocenters. The first-order valence-electron chi connectivity index (χ1n) is 5.70. The van der Waals surface area contributed by atoms with Crippen LogP contribution in [0.5, 0.6) is 0 Å². The highest BCUT2D eigenvalue weighted by molar-refractivity contribution is 5.91. The van der Waals surface area contributed by atoms with Crippen LogP contribution >= 0.6 is 0 Å². The fourth-order valence-electron chi connectivity index (χ4n) is 1.58. The molecule has 2 rings (SSSR count). The zero-order valence-electron chi connectivity index (χ0n) is 10.1. The second-order valence-electron chi connectivity index (χ2n) is 3.96. The van der Waals surface area contributed by atoms with Crippen LogP contribution in [0, 0.1) is 0 Å². The molecule has 0 bridgehead atoms. The molecule has 2 aromatic rings. The number of H-pyrrole nitrogens is 1. The van der Waals surface area contributed by atoms with Gasteiger partial charge in [-0.15, -0.1) is 0 Å². The predicted octanol–water partition coefficient (Wildman–Crippen LogP) is 0.192. The highest BCUT2D eigenvalue weighted by atomic mass is 16.3. The van der Waals surface area contributed by atoms with Gasteiger partial charge in [0.2, 0.25) is 0 Å². The topological polar surface area (TPSA) is 95.1 Å². The first-order chi connectivity index (χ1) is 9.19. The van der Waals surface area contributed by atoms with E-state index >= 15 is 0 Å². The maximum atomic E-state index is 11.7. The molecule has 19 heavy (non-hydrogen) atoms. The Kier molecular flexibility index (Phi) is 4.04. The minimum Gasteiger partial charge on any atom is -0.392 e. The molecule has 0 radical (unpaired) electrons. The quantitative estimate of drug-likeness (QED) is 0.730. The van der Waals surface area contributed by atoms with Crippen molar-refractivity contribution < 1.29 is 9.90 Å². The summed E-state index contributed by atoms with van der Waals surface area (Å²) < 4.78 is 0. The van der Waals surface area contributed by atoms with Gasteiger partial charge in [-0.25, -0.2) is 4.98 Å². The number of aromatic amines is 1. The van der Waals surface area contributed by atoms with Crippen molar-refractivity contribution in [2.75, 3.05) is 0 Å². The van der Waals surface area contributed by atoms with Gasteiger partial charge in [-0.3, -0.25) is 9.59 Å². The van der Waals surface area contributed by atoms with Crippen LogP contribution in [0.25, 0.3) is 0 Å². The number of aliphatic hydroxyl groups is 1. The SMILES string of the molecule is O=C(NCc1cccc(CO)c1)c1c[nH]c(=O)cn1. The van der Waals surface area contributed by atoms with Crippen molar-refractivity contribution in [1.29, 1.82) is 0 Å². The van der Waals surface area contributed by atoms with Crippen molar-refractivity contribution >= 4 is 5.91 Å². The number of amides is 1. The van der Waals surface area contributed by atoms with Crippen LogP contribution in [0.3, 0.4) is 0 Å². The smallest absolute Gasteiger partial charge is 0.271 e. The summed E-state index contributed by atoms with van der Waals surface area (Å²) in [6.07, 6.45) is 2.32.